The lowest BCUT2D eigenvalue weighted by Crippen LogP contribution is -2.15. The lowest BCUT2D eigenvalue weighted by atomic mass is 9.82. The van der Waals surface area contributed by atoms with E-state index in [4.69, 9.17) is 4.42 Å². The predicted octanol–water partition coefficient (Wildman–Crippen LogP) is 32.9. The zero-order chi connectivity index (χ0) is 81.9. The van der Waals surface area contributed by atoms with Gasteiger partial charge in [-0.15, -0.1) is 0 Å². The van der Waals surface area contributed by atoms with Crippen LogP contribution in [-0.4, -0.2) is 4.57 Å². The Morgan fingerprint density at radius 3 is 0.992 bits per heavy atom. The third kappa shape index (κ3) is 13.5. The Labute approximate surface area is 716 Å². The van der Waals surface area contributed by atoms with Crippen LogP contribution in [0.25, 0.3) is 127 Å². The van der Waals surface area contributed by atoms with Crippen molar-refractivity contribution in [1.29, 1.82) is 0 Å². The Morgan fingerprint density at radius 1 is 0.187 bits per heavy atom. The van der Waals surface area contributed by atoms with Gasteiger partial charge in [0.05, 0.1) is 11.0 Å². The zero-order valence-corrected chi connectivity index (χ0v) is 68.1. The van der Waals surface area contributed by atoms with Crippen LogP contribution in [0.2, 0.25) is 0 Å². The normalized spacial score (nSPS) is 12.0. The average Bonchev–Trinajstić information content (AvgIpc) is 1.56. The maximum absolute atomic E-state index is 6.50. The van der Waals surface area contributed by atoms with Crippen molar-refractivity contribution < 1.29 is 4.42 Å². The van der Waals surface area contributed by atoms with Crippen molar-refractivity contribution in [3.05, 3.63) is 478 Å². The molecule has 0 aliphatic heterocycles. The summed E-state index contributed by atoms with van der Waals surface area (Å²) in [5.41, 5.74) is 36.4. The molecule has 0 spiro atoms. The van der Waals surface area contributed by atoms with Crippen molar-refractivity contribution in [3.63, 3.8) is 0 Å². The van der Waals surface area contributed by atoms with Crippen LogP contribution in [0.1, 0.15) is 25.0 Å². The number of anilines is 12. The summed E-state index contributed by atoms with van der Waals surface area (Å²) in [6.45, 7) is 4.80. The minimum atomic E-state index is -0.329. The summed E-state index contributed by atoms with van der Waals surface area (Å²) in [5.74, 6) is 0. The first kappa shape index (κ1) is 73.4. The maximum atomic E-state index is 6.50. The topological polar surface area (TPSA) is 31.0 Å². The standard InChI is InChI=1S/C117H83N5O/c1-117(2)111-74-51-89(75-110(111)104-71-67-100(77-112(104)117)122-113-39-23-21-37-105(113)106-72-68-101(78-114(106)122)119(91-35-19-8-20-36-91)98-64-62-97(63-65-98)118(90-33-17-7-18-34-90)92-52-41-83(42-53-92)80-25-9-3-10-26-80)109-76-99(66-70-103(109)88-31-15-6-16-32-88)120(93-54-43-84(44-55-93)81-27-11-4-12-28-81)94-58-47-86(48-59-94)87-49-60-96(61-50-87)121(95-56-45-85(46-57-95)82-29-13-5-14-30-82)102-69-73-108-107-38-22-24-40-115(107)123-116(108)79-102/h3-79H,1-2H3. The van der Waals surface area contributed by atoms with Gasteiger partial charge in [-0.1, -0.05) is 299 Å². The number of hydrogen-bond donors (Lipinski definition) is 0. The Bertz CT molecular complexity index is 7440. The molecule has 6 nitrogen and oxygen atoms in total. The first-order chi connectivity index (χ1) is 60.7. The average molecular weight is 1570 g/mol. The van der Waals surface area contributed by atoms with Crippen molar-refractivity contribution in [2.45, 2.75) is 19.3 Å². The van der Waals surface area contributed by atoms with Gasteiger partial charge in [0.15, 0.2) is 0 Å². The van der Waals surface area contributed by atoms with Crippen LogP contribution >= 0.6 is 0 Å². The van der Waals surface area contributed by atoms with Crippen molar-refractivity contribution in [1.82, 2.24) is 4.57 Å². The second-order valence-corrected chi connectivity index (χ2v) is 32.4. The molecule has 1 aliphatic rings. The number of hydrogen-bond acceptors (Lipinski definition) is 5. The van der Waals surface area contributed by atoms with E-state index in [1.54, 1.807) is 0 Å². The molecule has 1 aliphatic carbocycles. The smallest absolute Gasteiger partial charge is 0.137 e. The van der Waals surface area contributed by atoms with E-state index in [0.29, 0.717) is 0 Å². The van der Waals surface area contributed by atoms with Crippen molar-refractivity contribution in [2.24, 2.45) is 0 Å². The minimum absolute atomic E-state index is 0.329. The monoisotopic (exact) mass is 1570 g/mol. The van der Waals surface area contributed by atoms with E-state index < -0.39 is 0 Å². The van der Waals surface area contributed by atoms with Gasteiger partial charge in [-0.3, -0.25) is 0 Å². The van der Waals surface area contributed by atoms with Crippen molar-refractivity contribution >= 4 is 112 Å². The van der Waals surface area contributed by atoms with E-state index in [2.05, 4.69) is 493 Å². The number of para-hydroxylation sites is 4. The predicted molar refractivity (Wildman–Crippen MR) is 517 cm³/mol. The molecule has 123 heavy (non-hydrogen) atoms. The van der Waals surface area contributed by atoms with E-state index in [0.717, 1.165) is 151 Å². The maximum Gasteiger partial charge on any atom is 0.137 e. The van der Waals surface area contributed by atoms with Gasteiger partial charge in [-0.25, -0.2) is 0 Å². The molecule has 0 saturated heterocycles. The van der Waals surface area contributed by atoms with Gasteiger partial charge >= 0.3 is 0 Å². The molecule has 2 aromatic heterocycles. The Balaban J connectivity index is 0.608. The summed E-state index contributed by atoms with van der Waals surface area (Å²) in [6, 6.07) is 170. The molecule has 6 heteroatoms. The highest BCUT2D eigenvalue weighted by Crippen LogP contribution is 2.53. The Hall–Kier alpha value is -16.0. The molecule has 0 bridgehead atoms. The largest absolute Gasteiger partial charge is 0.456 e. The Kier molecular flexibility index (Phi) is 18.5. The van der Waals surface area contributed by atoms with E-state index in [1.165, 1.54) is 55.3 Å². The Morgan fingerprint density at radius 2 is 0.512 bits per heavy atom. The molecular weight excluding hydrogens is 1490 g/mol. The van der Waals surface area contributed by atoms with E-state index >= 15 is 0 Å². The highest BCUT2D eigenvalue weighted by Gasteiger charge is 2.37. The third-order valence-corrected chi connectivity index (χ3v) is 24.8. The van der Waals surface area contributed by atoms with Gasteiger partial charge in [0.1, 0.15) is 11.2 Å². The number of fused-ring (bicyclic) bond motifs is 9. The fraction of sp³-hybridized carbons (Fsp3) is 0.0256. The fourth-order valence-corrected chi connectivity index (χ4v) is 18.7. The second-order valence-electron chi connectivity index (χ2n) is 32.4. The molecule has 0 saturated carbocycles. The highest BCUT2D eigenvalue weighted by atomic mass is 16.3. The molecule has 0 unspecified atom stereocenters. The molecular formula is C117H83N5O. The van der Waals surface area contributed by atoms with Crippen LogP contribution < -0.4 is 19.6 Å². The van der Waals surface area contributed by atoms with E-state index in [9.17, 15) is 0 Å². The molecule has 19 aromatic carbocycles. The van der Waals surface area contributed by atoms with Gasteiger partial charge in [0, 0.05) is 107 Å². The molecule has 582 valence electrons. The summed E-state index contributed by atoms with van der Waals surface area (Å²) < 4.78 is 8.99. The summed E-state index contributed by atoms with van der Waals surface area (Å²) in [4.78, 5) is 9.45. The van der Waals surface area contributed by atoms with Crippen LogP contribution in [0, 0.1) is 0 Å². The van der Waals surface area contributed by atoms with Crippen LogP contribution in [0.5, 0.6) is 0 Å². The highest BCUT2D eigenvalue weighted by molar-refractivity contribution is 6.11. The molecule has 0 fully saturated rings. The van der Waals surface area contributed by atoms with Crippen LogP contribution in [0.3, 0.4) is 0 Å². The zero-order valence-electron chi connectivity index (χ0n) is 68.1. The van der Waals surface area contributed by atoms with Gasteiger partial charge < -0.3 is 28.6 Å². The lowest BCUT2D eigenvalue weighted by molar-refractivity contribution is 0.660. The quantitative estimate of drug-likeness (QED) is 0.0805. The molecule has 0 radical (unpaired) electrons. The molecule has 0 amide bonds. The second kappa shape index (κ2) is 31.0. The van der Waals surface area contributed by atoms with Gasteiger partial charge in [0.2, 0.25) is 0 Å². The van der Waals surface area contributed by atoms with Gasteiger partial charge in [0.25, 0.3) is 0 Å². The van der Waals surface area contributed by atoms with Gasteiger partial charge in [-0.2, -0.15) is 0 Å². The fourth-order valence-electron chi connectivity index (χ4n) is 18.7. The van der Waals surface area contributed by atoms with Crippen molar-refractivity contribution in [2.75, 3.05) is 19.6 Å². The number of rotatable bonds is 19. The molecule has 0 atom stereocenters. The third-order valence-electron chi connectivity index (χ3n) is 24.8. The molecule has 2 heterocycles. The van der Waals surface area contributed by atoms with Crippen LogP contribution in [0.15, 0.2) is 472 Å². The molecule has 22 rings (SSSR count). The summed E-state index contributed by atoms with van der Waals surface area (Å²) in [6.07, 6.45) is 0. The number of nitrogens with zero attached hydrogens (tertiary/aromatic N) is 5. The SMILES string of the molecule is CC1(C)c2ccc(-c3cc(N(c4ccc(-c5ccccc5)cc4)c4ccc(-c5ccc(N(c6ccc(-c7ccccc7)cc6)c6ccc7c(c6)oc6ccccc67)cc5)cc4)ccc3-c3ccccc3)cc2-c2ccc(-n3c4ccccc4c4ccc(N(c5ccccc5)c5ccc(N(c6ccccc6)c6ccc(-c7ccccc7)cc6)cc5)cc43)cc21. The lowest BCUT2D eigenvalue weighted by Gasteiger charge is -2.28. The first-order valence-electron chi connectivity index (χ1n) is 42.2. The van der Waals surface area contributed by atoms with E-state index in [-0.39, 0.29) is 5.41 Å². The van der Waals surface area contributed by atoms with Crippen LogP contribution in [-0.2, 0) is 5.41 Å². The first-order valence-corrected chi connectivity index (χ1v) is 42.2. The van der Waals surface area contributed by atoms with Gasteiger partial charge in [-0.05, 0) is 265 Å². The summed E-state index contributed by atoms with van der Waals surface area (Å²) in [5, 5.41) is 4.61. The summed E-state index contributed by atoms with van der Waals surface area (Å²) >= 11 is 0. The molecule has 0 N–H and O–H groups in total. The van der Waals surface area contributed by atoms with Crippen molar-refractivity contribution in [3.8, 4) is 83.6 Å². The minimum Gasteiger partial charge on any atom is -0.456 e. The number of benzene rings is 19. The number of aromatic nitrogens is 1. The molecule has 21 aromatic rings. The number of furan rings is 1. The van der Waals surface area contributed by atoms with E-state index in [1.807, 2.05) is 12.1 Å². The summed E-state index contributed by atoms with van der Waals surface area (Å²) in [7, 11) is 0. The van der Waals surface area contributed by atoms with Crippen LogP contribution in [0.4, 0.5) is 68.2 Å².